The van der Waals surface area contributed by atoms with Crippen LogP contribution in [0.25, 0.3) is 0 Å². The van der Waals surface area contributed by atoms with Gasteiger partial charge in [0.1, 0.15) is 18.6 Å². The van der Waals surface area contributed by atoms with Crippen molar-refractivity contribution < 1.29 is 24.3 Å². The third-order valence-corrected chi connectivity index (χ3v) is 5.68. The van der Waals surface area contributed by atoms with Crippen LogP contribution in [-0.4, -0.2) is 76.9 Å². The fourth-order valence-corrected chi connectivity index (χ4v) is 3.52. The molecule has 0 spiro atoms. The fraction of sp³-hybridized carbons (Fsp3) is 0.778. The van der Waals surface area contributed by atoms with Crippen molar-refractivity contribution in [3.63, 3.8) is 0 Å². The minimum Gasteiger partial charge on any atom is -0.480 e. The number of rotatable bonds is 11. The highest BCUT2D eigenvalue weighted by Gasteiger charge is 2.38. The second kappa shape index (κ2) is 11.9. The number of nitrogens with zero attached hydrogens (tertiary/aromatic N) is 1. The summed E-state index contributed by atoms with van der Waals surface area (Å²) in [6.07, 6.45) is 4.21. The third-order valence-electron chi connectivity index (χ3n) is 5.04. The molecule has 28 heavy (non-hydrogen) atoms. The highest BCUT2D eigenvalue weighted by Crippen LogP contribution is 2.21. The monoisotopic (exact) mass is 416 g/mol. The first kappa shape index (κ1) is 24.2. The maximum Gasteiger partial charge on any atom is 0.322 e. The van der Waals surface area contributed by atoms with E-state index in [0.717, 1.165) is 6.42 Å². The number of nitrogens with one attached hydrogen (secondary N) is 2. The smallest absolute Gasteiger partial charge is 0.322 e. The molecular weight excluding hydrogens is 384 g/mol. The van der Waals surface area contributed by atoms with Crippen molar-refractivity contribution >= 4 is 35.5 Å². The number of amides is 3. The minimum absolute atomic E-state index is 0.00735. The molecule has 0 bridgehead atoms. The zero-order valence-corrected chi connectivity index (χ0v) is 17.6. The van der Waals surface area contributed by atoms with Crippen LogP contribution in [0.5, 0.6) is 0 Å². The van der Waals surface area contributed by atoms with Gasteiger partial charge in [-0.05, 0) is 37.2 Å². The first-order valence-electron chi connectivity index (χ1n) is 9.57. The standard InChI is InChI=1S/C18H32N4O5S/c1-4-11(2)15(19)18(27)22-8-5-6-13(22)17(26)21-12(7-9-28-3)16(25)20-10-14(23)24/h11-13,15H,4-10,19H2,1-3H3,(H,20,25)(H,21,26)(H,23,24). The van der Waals surface area contributed by atoms with E-state index in [9.17, 15) is 19.2 Å². The number of thioether (sulfide) groups is 1. The molecule has 1 fully saturated rings. The van der Waals surface area contributed by atoms with Gasteiger partial charge >= 0.3 is 5.97 Å². The minimum atomic E-state index is -1.16. The molecule has 4 atom stereocenters. The van der Waals surface area contributed by atoms with Crippen molar-refractivity contribution in [2.24, 2.45) is 11.7 Å². The molecule has 4 unspecified atom stereocenters. The summed E-state index contributed by atoms with van der Waals surface area (Å²) in [6, 6.07) is -2.17. The van der Waals surface area contributed by atoms with Crippen molar-refractivity contribution in [2.75, 3.05) is 25.1 Å². The third kappa shape index (κ3) is 6.97. The average molecular weight is 417 g/mol. The molecule has 160 valence electrons. The second-order valence-electron chi connectivity index (χ2n) is 7.06. The van der Waals surface area contributed by atoms with Crippen molar-refractivity contribution in [3.8, 4) is 0 Å². The summed E-state index contributed by atoms with van der Waals surface area (Å²) in [5, 5.41) is 13.7. The molecule has 3 amide bonds. The molecule has 0 saturated carbocycles. The van der Waals surface area contributed by atoms with Crippen molar-refractivity contribution in [1.82, 2.24) is 15.5 Å². The number of carboxylic acids is 1. The SMILES string of the molecule is CCC(C)C(N)C(=O)N1CCCC1C(=O)NC(CCSC)C(=O)NCC(=O)O. The topological polar surface area (TPSA) is 142 Å². The van der Waals surface area contributed by atoms with Gasteiger partial charge in [-0.1, -0.05) is 20.3 Å². The fourth-order valence-electron chi connectivity index (χ4n) is 3.05. The van der Waals surface area contributed by atoms with Crippen molar-refractivity contribution in [3.05, 3.63) is 0 Å². The molecule has 1 rings (SSSR count). The van der Waals surface area contributed by atoms with Gasteiger partial charge in [0.05, 0.1) is 6.04 Å². The molecule has 1 aliphatic rings. The number of hydrogen-bond acceptors (Lipinski definition) is 6. The Morgan fingerprint density at radius 1 is 1.32 bits per heavy atom. The molecule has 1 aliphatic heterocycles. The van der Waals surface area contributed by atoms with Gasteiger partial charge in [-0.2, -0.15) is 11.8 Å². The van der Waals surface area contributed by atoms with Crippen molar-refractivity contribution in [2.45, 2.75) is 57.7 Å². The summed E-state index contributed by atoms with van der Waals surface area (Å²) in [5.41, 5.74) is 6.05. The molecule has 0 aromatic heterocycles. The number of hydrogen-bond donors (Lipinski definition) is 4. The largest absolute Gasteiger partial charge is 0.480 e. The van der Waals surface area contributed by atoms with Crippen LogP contribution in [-0.2, 0) is 19.2 Å². The van der Waals surface area contributed by atoms with E-state index in [0.29, 0.717) is 31.6 Å². The lowest BCUT2D eigenvalue weighted by Crippen LogP contribution is -2.56. The highest BCUT2D eigenvalue weighted by molar-refractivity contribution is 7.98. The van der Waals surface area contributed by atoms with E-state index >= 15 is 0 Å². The zero-order chi connectivity index (χ0) is 21.3. The number of likely N-dealkylation sites (tertiary alicyclic amines) is 1. The van der Waals surface area contributed by atoms with Crippen LogP contribution in [0.2, 0.25) is 0 Å². The molecule has 0 aromatic carbocycles. The van der Waals surface area contributed by atoms with Crippen LogP contribution in [0.1, 0.15) is 39.5 Å². The number of carbonyl (C=O) groups is 4. The van der Waals surface area contributed by atoms with Crippen LogP contribution in [0.3, 0.4) is 0 Å². The van der Waals surface area contributed by atoms with Gasteiger partial charge in [-0.25, -0.2) is 0 Å². The Morgan fingerprint density at radius 2 is 2.00 bits per heavy atom. The maximum atomic E-state index is 12.8. The Morgan fingerprint density at radius 3 is 2.57 bits per heavy atom. The van der Waals surface area contributed by atoms with E-state index in [4.69, 9.17) is 10.8 Å². The van der Waals surface area contributed by atoms with Gasteiger partial charge in [0, 0.05) is 6.54 Å². The quantitative estimate of drug-likeness (QED) is 0.365. The molecule has 1 saturated heterocycles. The van der Waals surface area contributed by atoms with Crippen LogP contribution in [0, 0.1) is 5.92 Å². The summed E-state index contributed by atoms with van der Waals surface area (Å²) >= 11 is 1.52. The molecule has 0 aromatic rings. The first-order chi connectivity index (χ1) is 13.2. The molecule has 1 heterocycles. The van der Waals surface area contributed by atoms with Crippen molar-refractivity contribution in [1.29, 1.82) is 0 Å². The molecule has 0 aliphatic carbocycles. The van der Waals surface area contributed by atoms with E-state index in [1.807, 2.05) is 20.1 Å². The van der Waals surface area contributed by atoms with Gasteiger partial charge in [0.2, 0.25) is 17.7 Å². The Bertz CT molecular complexity index is 574. The van der Waals surface area contributed by atoms with E-state index < -0.39 is 42.5 Å². The lowest BCUT2D eigenvalue weighted by Gasteiger charge is -2.29. The number of aliphatic carboxylic acids is 1. The number of nitrogens with two attached hydrogens (primary N) is 1. The summed E-state index contributed by atoms with van der Waals surface area (Å²) < 4.78 is 0. The van der Waals surface area contributed by atoms with E-state index in [2.05, 4.69) is 10.6 Å². The summed E-state index contributed by atoms with van der Waals surface area (Å²) in [7, 11) is 0. The van der Waals surface area contributed by atoms with Gasteiger partial charge < -0.3 is 26.4 Å². The summed E-state index contributed by atoms with van der Waals surface area (Å²) in [4.78, 5) is 49.9. The van der Waals surface area contributed by atoms with Gasteiger partial charge in [-0.3, -0.25) is 19.2 Å². The molecule has 9 nitrogen and oxygen atoms in total. The maximum absolute atomic E-state index is 12.8. The van der Waals surface area contributed by atoms with E-state index in [1.165, 1.54) is 16.7 Å². The Kier molecular flexibility index (Phi) is 10.3. The summed E-state index contributed by atoms with van der Waals surface area (Å²) in [5.74, 6) is -1.72. The molecular formula is C18H32N4O5S. The molecule has 10 heteroatoms. The molecule has 0 radical (unpaired) electrons. The lowest BCUT2D eigenvalue weighted by molar-refractivity contribution is -0.141. The second-order valence-corrected chi connectivity index (χ2v) is 8.04. The average Bonchev–Trinajstić information content (AvgIpc) is 3.17. The predicted molar refractivity (Wildman–Crippen MR) is 108 cm³/mol. The number of carbonyl (C=O) groups excluding carboxylic acids is 3. The summed E-state index contributed by atoms with van der Waals surface area (Å²) in [6.45, 7) is 3.81. The van der Waals surface area contributed by atoms with Gasteiger partial charge in [-0.15, -0.1) is 0 Å². The van der Waals surface area contributed by atoms with Gasteiger partial charge in [0.25, 0.3) is 0 Å². The van der Waals surface area contributed by atoms with Crippen LogP contribution in [0.4, 0.5) is 0 Å². The van der Waals surface area contributed by atoms with E-state index in [1.54, 1.807) is 0 Å². The zero-order valence-electron chi connectivity index (χ0n) is 16.8. The first-order valence-corrected chi connectivity index (χ1v) is 11.0. The van der Waals surface area contributed by atoms with Crippen LogP contribution >= 0.6 is 11.8 Å². The Hall–Kier alpha value is -1.81. The number of carboxylic acid groups (broad SMARTS) is 1. The Balaban J connectivity index is 2.80. The van der Waals surface area contributed by atoms with Crippen LogP contribution in [0.15, 0.2) is 0 Å². The van der Waals surface area contributed by atoms with Crippen LogP contribution < -0.4 is 16.4 Å². The Labute approximate surface area is 170 Å². The normalized spacial score (nSPS) is 19.6. The predicted octanol–water partition coefficient (Wildman–Crippen LogP) is -0.210. The van der Waals surface area contributed by atoms with Gasteiger partial charge in [0.15, 0.2) is 0 Å². The molecule has 5 N–H and O–H groups in total. The highest BCUT2D eigenvalue weighted by atomic mass is 32.2. The van der Waals surface area contributed by atoms with E-state index in [-0.39, 0.29) is 11.8 Å². The lowest BCUT2D eigenvalue weighted by atomic mass is 9.98.